The Morgan fingerprint density at radius 3 is 2.07 bits per heavy atom. The van der Waals surface area contributed by atoms with Crippen molar-refractivity contribution in [1.82, 2.24) is 0 Å². The molecule has 0 unspecified atom stereocenters. The summed E-state index contributed by atoms with van der Waals surface area (Å²) in [4.78, 5) is 0. The molecule has 0 saturated heterocycles. The van der Waals surface area contributed by atoms with Gasteiger partial charge < -0.3 is 0 Å². The second kappa shape index (κ2) is 5.85. The molecular weight excluding hydrogens is 168 g/mol. The van der Waals surface area contributed by atoms with Crippen LogP contribution in [0.5, 0.6) is 0 Å². The summed E-state index contributed by atoms with van der Waals surface area (Å²) in [5, 5.41) is 0. The molecule has 0 saturated carbocycles. The first-order chi connectivity index (χ1) is 6.79. The Labute approximate surface area is 88.4 Å². The lowest BCUT2D eigenvalue weighted by atomic mass is 9.88. The van der Waals surface area contributed by atoms with E-state index in [0.717, 1.165) is 5.92 Å². The largest absolute Gasteiger partial charge is 0.0654 e. The highest BCUT2D eigenvalue weighted by molar-refractivity contribution is 5.29. The molecule has 0 bridgehead atoms. The molecule has 0 radical (unpaired) electrons. The van der Waals surface area contributed by atoms with E-state index >= 15 is 0 Å². The third kappa shape index (κ3) is 2.87. The van der Waals surface area contributed by atoms with Crippen LogP contribution in [0.2, 0.25) is 0 Å². The maximum atomic E-state index is 2.30. The molecule has 0 spiro atoms. The molecule has 0 heterocycles. The minimum absolute atomic E-state index is 0.784. The first kappa shape index (κ1) is 11.3. The van der Waals surface area contributed by atoms with Gasteiger partial charge in [0, 0.05) is 0 Å². The van der Waals surface area contributed by atoms with E-state index in [1.807, 2.05) is 0 Å². The van der Waals surface area contributed by atoms with Crippen molar-refractivity contribution >= 4 is 0 Å². The number of rotatable bonds is 5. The fourth-order valence-corrected chi connectivity index (χ4v) is 2.20. The highest BCUT2D eigenvalue weighted by atomic mass is 14.2. The summed E-state index contributed by atoms with van der Waals surface area (Å²) in [6.07, 6.45) is 5.25. The molecule has 0 fully saturated rings. The molecule has 1 aromatic carbocycles. The Kier molecular flexibility index (Phi) is 4.72. The van der Waals surface area contributed by atoms with Gasteiger partial charge >= 0.3 is 0 Å². The quantitative estimate of drug-likeness (QED) is 0.632. The monoisotopic (exact) mass is 190 g/mol. The van der Waals surface area contributed by atoms with Gasteiger partial charge in [0.15, 0.2) is 0 Å². The van der Waals surface area contributed by atoms with Gasteiger partial charge in [0.2, 0.25) is 0 Å². The van der Waals surface area contributed by atoms with Gasteiger partial charge in [0.25, 0.3) is 0 Å². The molecule has 0 aromatic heterocycles. The van der Waals surface area contributed by atoms with Crippen LogP contribution in [0.4, 0.5) is 0 Å². The van der Waals surface area contributed by atoms with Gasteiger partial charge in [-0.3, -0.25) is 0 Å². The summed E-state index contributed by atoms with van der Waals surface area (Å²) < 4.78 is 0. The molecule has 0 aliphatic rings. The summed E-state index contributed by atoms with van der Waals surface area (Å²) in [7, 11) is 0. The second-order valence-electron chi connectivity index (χ2n) is 4.13. The number of aryl methyl sites for hydroxylation is 1. The molecule has 1 rings (SSSR count). The van der Waals surface area contributed by atoms with Gasteiger partial charge in [-0.2, -0.15) is 0 Å². The third-order valence-electron chi connectivity index (χ3n) is 2.90. The van der Waals surface area contributed by atoms with Crippen molar-refractivity contribution in [2.75, 3.05) is 0 Å². The number of benzene rings is 1. The first-order valence-electron chi connectivity index (χ1n) is 5.85. The van der Waals surface area contributed by atoms with Crippen LogP contribution in [0, 0.1) is 6.92 Å². The summed E-state index contributed by atoms with van der Waals surface area (Å²) in [5.74, 6) is 0.784. The van der Waals surface area contributed by atoms with Crippen LogP contribution in [-0.4, -0.2) is 0 Å². The Bertz CT molecular complexity index is 256. The molecule has 0 aliphatic carbocycles. The number of hydrogen-bond acceptors (Lipinski definition) is 0. The topological polar surface area (TPSA) is 0 Å². The van der Waals surface area contributed by atoms with Crippen LogP contribution >= 0.6 is 0 Å². The zero-order valence-electron chi connectivity index (χ0n) is 9.72. The van der Waals surface area contributed by atoms with E-state index in [-0.39, 0.29) is 0 Å². The van der Waals surface area contributed by atoms with Crippen LogP contribution < -0.4 is 0 Å². The van der Waals surface area contributed by atoms with E-state index in [4.69, 9.17) is 0 Å². The number of hydrogen-bond donors (Lipinski definition) is 0. The van der Waals surface area contributed by atoms with Crippen molar-refractivity contribution in [3.8, 4) is 0 Å². The Balaban J connectivity index is 2.81. The lowest BCUT2D eigenvalue weighted by Crippen LogP contribution is -2.00. The van der Waals surface area contributed by atoms with Gasteiger partial charge in [-0.1, -0.05) is 51.0 Å². The van der Waals surface area contributed by atoms with E-state index in [1.54, 1.807) is 5.56 Å². The highest BCUT2D eigenvalue weighted by Gasteiger charge is 2.10. The Morgan fingerprint density at radius 1 is 1.00 bits per heavy atom. The molecule has 0 heteroatoms. The van der Waals surface area contributed by atoms with E-state index in [2.05, 4.69) is 45.0 Å². The Hall–Kier alpha value is -0.780. The van der Waals surface area contributed by atoms with Crippen LogP contribution in [0.25, 0.3) is 0 Å². The average Bonchev–Trinajstić information content (AvgIpc) is 2.18. The summed E-state index contributed by atoms with van der Waals surface area (Å²) in [5.41, 5.74) is 3.02. The average molecular weight is 190 g/mol. The molecule has 0 amide bonds. The fourth-order valence-electron chi connectivity index (χ4n) is 2.20. The van der Waals surface area contributed by atoms with Crippen LogP contribution in [0.3, 0.4) is 0 Å². The first-order valence-corrected chi connectivity index (χ1v) is 5.85. The van der Waals surface area contributed by atoms with Gasteiger partial charge in [0.1, 0.15) is 0 Å². The zero-order valence-corrected chi connectivity index (χ0v) is 9.72. The minimum Gasteiger partial charge on any atom is -0.0654 e. The molecule has 0 nitrogen and oxygen atoms in total. The standard InChI is InChI=1S/C14H22/c1-4-8-13(9-5-2)14-11-7-6-10-12(14)3/h6-7,10-11,13H,4-5,8-9H2,1-3H3. The summed E-state index contributed by atoms with van der Waals surface area (Å²) in [6, 6.07) is 8.83. The van der Waals surface area contributed by atoms with Gasteiger partial charge in [0.05, 0.1) is 0 Å². The predicted molar refractivity (Wildman–Crippen MR) is 63.7 cm³/mol. The lowest BCUT2D eigenvalue weighted by molar-refractivity contribution is 0.558. The van der Waals surface area contributed by atoms with E-state index in [9.17, 15) is 0 Å². The van der Waals surface area contributed by atoms with Crippen molar-refractivity contribution in [1.29, 1.82) is 0 Å². The minimum atomic E-state index is 0.784. The second-order valence-corrected chi connectivity index (χ2v) is 4.13. The van der Waals surface area contributed by atoms with Crippen LogP contribution in [-0.2, 0) is 0 Å². The predicted octanol–water partition coefficient (Wildman–Crippen LogP) is 4.68. The lowest BCUT2D eigenvalue weighted by Gasteiger charge is -2.17. The van der Waals surface area contributed by atoms with E-state index in [1.165, 1.54) is 31.2 Å². The Morgan fingerprint density at radius 2 is 1.57 bits per heavy atom. The maximum absolute atomic E-state index is 2.30. The smallest absolute Gasteiger partial charge is 0.0160 e. The van der Waals surface area contributed by atoms with Crippen LogP contribution in [0.1, 0.15) is 56.6 Å². The van der Waals surface area contributed by atoms with Crippen molar-refractivity contribution in [3.05, 3.63) is 35.4 Å². The van der Waals surface area contributed by atoms with Crippen molar-refractivity contribution in [3.63, 3.8) is 0 Å². The molecular formula is C14H22. The molecule has 1 aromatic rings. The molecule has 0 aliphatic heterocycles. The highest BCUT2D eigenvalue weighted by Crippen LogP contribution is 2.28. The normalized spacial score (nSPS) is 10.9. The summed E-state index contributed by atoms with van der Waals surface area (Å²) >= 11 is 0. The van der Waals surface area contributed by atoms with Gasteiger partial charge in [-0.15, -0.1) is 0 Å². The summed E-state index contributed by atoms with van der Waals surface area (Å²) in [6.45, 7) is 6.79. The SMILES string of the molecule is CCCC(CCC)c1ccccc1C. The van der Waals surface area contributed by atoms with Crippen molar-refractivity contribution in [2.24, 2.45) is 0 Å². The third-order valence-corrected chi connectivity index (χ3v) is 2.90. The van der Waals surface area contributed by atoms with E-state index in [0.29, 0.717) is 0 Å². The molecule has 0 N–H and O–H groups in total. The molecule has 78 valence electrons. The van der Waals surface area contributed by atoms with Crippen LogP contribution in [0.15, 0.2) is 24.3 Å². The van der Waals surface area contributed by atoms with Crippen molar-refractivity contribution in [2.45, 2.75) is 52.4 Å². The van der Waals surface area contributed by atoms with Crippen molar-refractivity contribution < 1.29 is 0 Å². The van der Waals surface area contributed by atoms with E-state index < -0.39 is 0 Å². The van der Waals surface area contributed by atoms with Gasteiger partial charge in [-0.05, 0) is 36.8 Å². The fraction of sp³-hybridized carbons (Fsp3) is 0.571. The maximum Gasteiger partial charge on any atom is -0.0160 e. The molecule has 0 atom stereocenters. The molecule has 14 heavy (non-hydrogen) atoms. The zero-order chi connectivity index (χ0) is 10.4. The van der Waals surface area contributed by atoms with Gasteiger partial charge in [-0.25, -0.2) is 0 Å².